The number of nitrogens with two attached hydrogens (primary N) is 3. The number of hydrogen-bond acceptors (Lipinski definition) is 6. The van der Waals surface area contributed by atoms with E-state index in [0.717, 1.165) is 25.7 Å². The van der Waals surface area contributed by atoms with Gasteiger partial charge >= 0.3 is 13.8 Å². The van der Waals surface area contributed by atoms with Crippen LogP contribution in [0.15, 0.2) is 4.99 Å². The highest BCUT2D eigenvalue weighted by Gasteiger charge is 2.20. The van der Waals surface area contributed by atoms with E-state index in [-0.39, 0.29) is 5.96 Å². The number of carbonyl (C=O) groups is 1. The second-order valence-electron chi connectivity index (χ2n) is 13.7. The van der Waals surface area contributed by atoms with E-state index in [0.29, 0.717) is 32.6 Å². The van der Waals surface area contributed by atoms with Crippen molar-refractivity contribution in [1.82, 2.24) is 0 Å². The highest BCUT2D eigenvalue weighted by Crippen LogP contribution is 2.43. The van der Waals surface area contributed by atoms with Gasteiger partial charge in [-0.15, -0.1) is 0 Å². The zero-order valence-electron chi connectivity index (χ0n) is 32.1. The van der Waals surface area contributed by atoms with E-state index in [9.17, 15) is 14.3 Å². The normalized spacial score (nSPS) is 12.0. The molecular weight excluding hydrogens is 639 g/mol. The number of guanidine groups is 1. The summed E-state index contributed by atoms with van der Waals surface area (Å²) in [4.78, 5) is 23.7. The van der Waals surface area contributed by atoms with Crippen LogP contribution >= 0.6 is 7.82 Å². The molecule has 0 aromatic heterocycles. The minimum atomic E-state index is -3.87. The largest absolute Gasteiger partial charge is 0.480 e. The van der Waals surface area contributed by atoms with Gasteiger partial charge in [-0.3, -0.25) is 18.8 Å². The SMILES string of the molecule is CCCCCCCCCCCCCCCCOP(=O)(O)OCCCCCCCCCCCCCCCC.NC(N)=NCCCC(N)C(=O)O. The zero-order chi connectivity index (χ0) is 36.7. The van der Waals surface area contributed by atoms with Crippen LogP contribution in [0, 0.1) is 0 Å². The molecule has 0 saturated heterocycles. The number of aliphatic imine (C=N–C) groups is 1. The van der Waals surface area contributed by atoms with E-state index in [1.807, 2.05) is 0 Å². The highest BCUT2D eigenvalue weighted by molar-refractivity contribution is 7.47. The van der Waals surface area contributed by atoms with Gasteiger partial charge in [0, 0.05) is 6.54 Å². The van der Waals surface area contributed by atoms with Crippen molar-refractivity contribution in [3.8, 4) is 0 Å². The molecule has 0 fully saturated rings. The molecule has 0 amide bonds. The number of rotatable bonds is 37. The van der Waals surface area contributed by atoms with Crippen molar-refractivity contribution >= 4 is 19.8 Å². The first kappa shape index (κ1) is 49.9. The maximum atomic E-state index is 12.0. The summed E-state index contributed by atoms with van der Waals surface area (Å²) in [6, 6.07) is -0.820. The van der Waals surface area contributed by atoms with Gasteiger partial charge < -0.3 is 27.2 Å². The number of carboxylic acid groups (broad SMARTS) is 1. The number of aliphatic carboxylic acids is 1. The van der Waals surface area contributed by atoms with Crippen molar-refractivity contribution in [2.45, 2.75) is 213 Å². The summed E-state index contributed by atoms with van der Waals surface area (Å²) in [6.07, 6.45) is 37.3. The Morgan fingerprint density at radius 3 is 1.12 bits per heavy atom. The van der Waals surface area contributed by atoms with E-state index in [4.69, 9.17) is 31.4 Å². The molecule has 0 bridgehead atoms. The molecular formula is C38H81N4O6P. The number of hydrogen-bond donors (Lipinski definition) is 5. The van der Waals surface area contributed by atoms with Gasteiger partial charge in [-0.05, 0) is 25.7 Å². The lowest BCUT2D eigenvalue weighted by molar-refractivity contribution is -0.138. The third-order valence-corrected chi connectivity index (χ3v) is 9.81. The molecule has 0 rings (SSSR count). The van der Waals surface area contributed by atoms with Crippen molar-refractivity contribution in [2.75, 3.05) is 19.8 Å². The molecule has 10 nitrogen and oxygen atoms in total. The van der Waals surface area contributed by atoms with Gasteiger partial charge in [0.15, 0.2) is 5.96 Å². The van der Waals surface area contributed by atoms with Crippen molar-refractivity contribution in [2.24, 2.45) is 22.2 Å². The van der Waals surface area contributed by atoms with E-state index >= 15 is 0 Å². The molecule has 0 aliphatic carbocycles. The average Bonchev–Trinajstić information content (AvgIpc) is 3.06. The summed E-state index contributed by atoms with van der Waals surface area (Å²) < 4.78 is 22.3. The molecule has 0 aliphatic heterocycles. The molecule has 11 heteroatoms. The van der Waals surface area contributed by atoms with Gasteiger partial charge in [-0.25, -0.2) is 4.57 Å². The summed E-state index contributed by atoms with van der Waals surface area (Å²) >= 11 is 0. The predicted octanol–water partition coefficient (Wildman–Crippen LogP) is 10.5. The Hall–Kier alpha value is -1.19. The lowest BCUT2D eigenvalue weighted by Gasteiger charge is -2.12. The van der Waals surface area contributed by atoms with Crippen LogP contribution in [-0.2, 0) is 18.4 Å². The zero-order valence-corrected chi connectivity index (χ0v) is 33.0. The monoisotopic (exact) mass is 721 g/mol. The van der Waals surface area contributed by atoms with E-state index < -0.39 is 19.8 Å². The molecule has 49 heavy (non-hydrogen) atoms. The first-order chi connectivity index (χ1) is 23.7. The van der Waals surface area contributed by atoms with Gasteiger partial charge in [0.2, 0.25) is 0 Å². The van der Waals surface area contributed by atoms with Gasteiger partial charge in [0.1, 0.15) is 6.04 Å². The molecule has 1 atom stereocenters. The molecule has 0 spiro atoms. The van der Waals surface area contributed by atoms with E-state index in [2.05, 4.69) is 18.8 Å². The van der Waals surface area contributed by atoms with Gasteiger partial charge in [-0.1, -0.05) is 181 Å². The fourth-order valence-electron chi connectivity index (χ4n) is 5.63. The Labute approximate surface area is 302 Å². The fraction of sp³-hybridized carbons (Fsp3) is 0.947. The molecule has 8 N–H and O–H groups in total. The minimum absolute atomic E-state index is 0.0129. The van der Waals surface area contributed by atoms with Crippen LogP contribution < -0.4 is 17.2 Å². The first-order valence-corrected chi connectivity index (χ1v) is 21.8. The van der Waals surface area contributed by atoms with Gasteiger partial charge in [0.05, 0.1) is 13.2 Å². The second kappa shape index (κ2) is 39.6. The molecule has 0 radical (unpaired) electrons. The molecule has 0 saturated carbocycles. The van der Waals surface area contributed by atoms with E-state index in [1.165, 1.54) is 154 Å². The summed E-state index contributed by atoms with van der Waals surface area (Å²) in [5.74, 6) is -0.987. The fourth-order valence-corrected chi connectivity index (χ4v) is 6.43. The number of phosphoric ester groups is 1. The van der Waals surface area contributed by atoms with Crippen LogP contribution in [0.1, 0.15) is 206 Å². The van der Waals surface area contributed by atoms with Crippen molar-refractivity contribution in [1.29, 1.82) is 0 Å². The molecule has 294 valence electrons. The van der Waals surface area contributed by atoms with E-state index in [1.54, 1.807) is 0 Å². The topological polar surface area (TPSA) is 183 Å². The molecule has 1 unspecified atom stereocenters. The van der Waals surface area contributed by atoms with Crippen LogP contribution in [-0.4, -0.2) is 47.7 Å². The highest BCUT2D eigenvalue weighted by atomic mass is 31.2. The molecule has 0 aliphatic rings. The summed E-state index contributed by atoms with van der Waals surface area (Å²) in [5, 5.41) is 8.38. The summed E-state index contributed by atoms with van der Waals surface area (Å²) in [6.45, 7) is 5.61. The third-order valence-electron chi connectivity index (χ3n) is 8.79. The van der Waals surface area contributed by atoms with Crippen molar-refractivity contribution in [3.63, 3.8) is 0 Å². The number of phosphoric acid groups is 1. The Balaban J connectivity index is 0. The van der Waals surface area contributed by atoms with Crippen LogP contribution in [0.25, 0.3) is 0 Å². The maximum absolute atomic E-state index is 12.0. The molecule has 0 aromatic carbocycles. The van der Waals surface area contributed by atoms with Crippen LogP contribution in [0.4, 0.5) is 0 Å². The van der Waals surface area contributed by atoms with Gasteiger partial charge in [-0.2, -0.15) is 0 Å². The standard InChI is InChI=1S/C32H67O4P.C6H14N4O2/c1-3-5-7-9-11-13-15-17-19-21-23-25-27-29-31-35-37(33,34)36-32-30-28-26-24-22-20-18-16-14-12-10-8-6-4-2;7-4(5(11)12)2-1-3-10-6(8)9/h3-32H2,1-2H3,(H,33,34);4H,1-3,7H2,(H,11,12)(H4,8,9,10). The minimum Gasteiger partial charge on any atom is -0.480 e. The number of nitrogens with zero attached hydrogens (tertiary/aromatic N) is 1. The smallest absolute Gasteiger partial charge is 0.472 e. The lowest BCUT2D eigenvalue weighted by Crippen LogP contribution is -2.30. The van der Waals surface area contributed by atoms with Crippen LogP contribution in [0.5, 0.6) is 0 Å². The molecule has 0 aromatic rings. The Morgan fingerprint density at radius 2 is 0.857 bits per heavy atom. The first-order valence-electron chi connectivity index (χ1n) is 20.3. The molecule has 0 heterocycles. The van der Waals surface area contributed by atoms with Crippen LogP contribution in [0.3, 0.4) is 0 Å². The van der Waals surface area contributed by atoms with Crippen molar-refractivity contribution < 1.29 is 28.4 Å². The lowest BCUT2D eigenvalue weighted by atomic mass is 10.0. The maximum Gasteiger partial charge on any atom is 0.472 e. The second-order valence-corrected chi connectivity index (χ2v) is 15.2. The summed E-state index contributed by atoms with van der Waals surface area (Å²) in [5.41, 5.74) is 15.3. The van der Waals surface area contributed by atoms with Crippen LogP contribution in [0.2, 0.25) is 0 Å². The number of unbranched alkanes of at least 4 members (excludes halogenated alkanes) is 26. The Morgan fingerprint density at radius 1 is 0.571 bits per heavy atom. The Kier molecular flexibility index (Phi) is 40.3. The predicted molar refractivity (Wildman–Crippen MR) is 208 cm³/mol. The summed E-state index contributed by atoms with van der Waals surface area (Å²) in [7, 11) is -3.87. The average molecular weight is 721 g/mol. The van der Waals surface area contributed by atoms with Crippen molar-refractivity contribution in [3.05, 3.63) is 0 Å². The quantitative estimate of drug-likeness (QED) is 0.0180. The third kappa shape index (κ3) is 44.8. The number of carboxylic acids is 1. The van der Waals surface area contributed by atoms with Gasteiger partial charge in [0.25, 0.3) is 0 Å². The Bertz CT molecular complexity index is 733.